The summed E-state index contributed by atoms with van der Waals surface area (Å²) < 4.78 is 24.4. The Hall–Kier alpha value is -0.580. The maximum atomic E-state index is 12.2. The summed E-state index contributed by atoms with van der Waals surface area (Å²) in [5.41, 5.74) is 0.827. The molecule has 1 unspecified atom stereocenters. The molecule has 1 aromatic carbocycles. The molecule has 3 nitrogen and oxygen atoms in total. The molecule has 1 atom stereocenters. The van der Waals surface area contributed by atoms with E-state index >= 15 is 0 Å². The topological polar surface area (TPSA) is 46.2 Å². The van der Waals surface area contributed by atoms with Crippen molar-refractivity contribution in [3.63, 3.8) is 0 Å². The normalized spacial score (nSPS) is 22.2. The minimum Gasteiger partial charge on any atom is -0.310 e. The van der Waals surface area contributed by atoms with Crippen LogP contribution in [-0.2, 0) is 9.84 Å². The van der Waals surface area contributed by atoms with Crippen molar-refractivity contribution < 1.29 is 8.42 Å². The second-order valence-electron chi connectivity index (χ2n) is 4.63. The lowest BCUT2D eigenvalue weighted by molar-refractivity contribution is 0.493. The average Bonchev–Trinajstić information content (AvgIpc) is 2.44. The zero-order valence-corrected chi connectivity index (χ0v) is 12.0. The van der Waals surface area contributed by atoms with Crippen molar-refractivity contribution in [3.05, 3.63) is 28.8 Å². The highest BCUT2D eigenvalue weighted by Gasteiger charge is 2.29. The van der Waals surface area contributed by atoms with Gasteiger partial charge >= 0.3 is 0 Å². The summed E-state index contributed by atoms with van der Waals surface area (Å²) >= 11 is 6.09. The maximum absolute atomic E-state index is 12.2. The Bertz CT molecular complexity index is 528. The number of hydrogen-bond donors (Lipinski definition) is 1. The number of rotatable bonds is 3. The number of fused-ring (bicyclic) bond motifs is 1. The summed E-state index contributed by atoms with van der Waals surface area (Å²) in [5.74, 6) is 0.189. The molecule has 1 aliphatic heterocycles. The summed E-state index contributed by atoms with van der Waals surface area (Å²) in [7, 11) is -3.24. The quantitative estimate of drug-likeness (QED) is 0.930. The van der Waals surface area contributed by atoms with Crippen LogP contribution in [0, 0.1) is 0 Å². The Morgan fingerprint density at radius 1 is 1.44 bits per heavy atom. The molecule has 1 aliphatic rings. The van der Waals surface area contributed by atoms with Gasteiger partial charge in [0, 0.05) is 6.04 Å². The van der Waals surface area contributed by atoms with Crippen LogP contribution < -0.4 is 5.32 Å². The SMILES string of the molecule is CCCNC1CCCS(=O)(=O)c2c(Cl)cccc21. The molecule has 0 fully saturated rings. The number of hydrogen-bond acceptors (Lipinski definition) is 3. The molecule has 5 heteroatoms. The van der Waals surface area contributed by atoms with E-state index in [1.807, 2.05) is 12.1 Å². The van der Waals surface area contributed by atoms with Crippen LogP contribution in [0.2, 0.25) is 5.02 Å². The molecule has 1 N–H and O–H groups in total. The van der Waals surface area contributed by atoms with Crippen molar-refractivity contribution in [1.29, 1.82) is 0 Å². The van der Waals surface area contributed by atoms with Gasteiger partial charge in [0.05, 0.1) is 15.7 Å². The lowest BCUT2D eigenvalue weighted by Gasteiger charge is -2.18. The molecule has 0 saturated carbocycles. The van der Waals surface area contributed by atoms with Crippen LogP contribution in [0.15, 0.2) is 23.1 Å². The van der Waals surface area contributed by atoms with Crippen molar-refractivity contribution in [2.24, 2.45) is 0 Å². The van der Waals surface area contributed by atoms with Gasteiger partial charge in [0.2, 0.25) is 0 Å². The molecule has 1 heterocycles. The molecule has 0 aromatic heterocycles. The van der Waals surface area contributed by atoms with E-state index in [1.54, 1.807) is 6.07 Å². The zero-order valence-electron chi connectivity index (χ0n) is 10.4. The lowest BCUT2D eigenvalue weighted by atomic mass is 10.0. The van der Waals surface area contributed by atoms with Gasteiger partial charge < -0.3 is 5.32 Å². The summed E-state index contributed by atoms with van der Waals surface area (Å²) in [6.45, 7) is 2.98. The summed E-state index contributed by atoms with van der Waals surface area (Å²) in [6.07, 6.45) is 2.54. The summed E-state index contributed by atoms with van der Waals surface area (Å²) in [5, 5.41) is 3.75. The van der Waals surface area contributed by atoms with Crippen molar-refractivity contribution >= 4 is 21.4 Å². The van der Waals surface area contributed by atoms with Crippen LogP contribution in [0.1, 0.15) is 37.8 Å². The second kappa shape index (κ2) is 5.59. The van der Waals surface area contributed by atoms with Crippen LogP contribution in [0.3, 0.4) is 0 Å². The Labute approximate surface area is 113 Å². The first-order chi connectivity index (χ1) is 8.56. The minimum atomic E-state index is -3.24. The predicted octanol–water partition coefficient (Wildman–Crippen LogP) is 2.95. The van der Waals surface area contributed by atoms with Crippen LogP contribution in [0.5, 0.6) is 0 Å². The number of benzene rings is 1. The Morgan fingerprint density at radius 3 is 2.94 bits per heavy atom. The van der Waals surface area contributed by atoms with E-state index in [1.165, 1.54) is 0 Å². The highest BCUT2D eigenvalue weighted by Crippen LogP contribution is 2.35. The Kier molecular flexibility index (Phi) is 4.30. The Morgan fingerprint density at radius 2 is 2.22 bits per heavy atom. The van der Waals surface area contributed by atoms with Crippen molar-refractivity contribution in [2.45, 2.75) is 37.1 Å². The monoisotopic (exact) mass is 287 g/mol. The minimum absolute atomic E-state index is 0.0934. The van der Waals surface area contributed by atoms with Gasteiger partial charge in [0.25, 0.3) is 0 Å². The predicted molar refractivity (Wildman–Crippen MR) is 73.8 cm³/mol. The molecule has 18 heavy (non-hydrogen) atoms. The highest BCUT2D eigenvalue weighted by molar-refractivity contribution is 7.91. The molecule has 0 saturated heterocycles. The summed E-state index contributed by atoms with van der Waals surface area (Å²) in [6, 6.07) is 5.44. The molecule has 0 bridgehead atoms. The van der Waals surface area contributed by atoms with E-state index in [2.05, 4.69) is 12.2 Å². The molecule has 0 spiro atoms. The molecule has 0 radical (unpaired) electrons. The fourth-order valence-corrected chi connectivity index (χ4v) is 4.61. The van der Waals surface area contributed by atoms with Gasteiger partial charge in [-0.2, -0.15) is 0 Å². The number of halogens is 1. The van der Waals surface area contributed by atoms with E-state index in [9.17, 15) is 8.42 Å². The fraction of sp³-hybridized carbons (Fsp3) is 0.538. The molecule has 1 aromatic rings. The summed E-state index contributed by atoms with van der Waals surface area (Å²) in [4.78, 5) is 0.331. The van der Waals surface area contributed by atoms with Gasteiger partial charge in [-0.1, -0.05) is 30.7 Å². The number of nitrogens with one attached hydrogen (secondary N) is 1. The second-order valence-corrected chi connectivity index (χ2v) is 7.08. The Balaban J connectivity index is 2.49. The molecule has 0 aliphatic carbocycles. The van der Waals surface area contributed by atoms with Gasteiger partial charge in [-0.3, -0.25) is 0 Å². The molecular weight excluding hydrogens is 270 g/mol. The fourth-order valence-electron chi connectivity index (χ4n) is 2.39. The van der Waals surface area contributed by atoms with E-state index in [-0.39, 0.29) is 11.8 Å². The zero-order chi connectivity index (χ0) is 13.2. The van der Waals surface area contributed by atoms with E-state index in [0.29, 0.717) is 16.3 Å². The molecule has 0 amide bonds. The molecule has 100 valence electrons. The van der Waals surface area contributed by atoms with E-state index in [0.717, 1.165) is 24.9 Å². The van der Waals surface area contributed by atoms with Gasteiger partial charge in [-0.05, 0) is 37.4 Å². The third-order valence-corrected chi connectivity index (χ3v) is 5.56. The maximum Gasteiger partial charge on any atom is 0.180 e. The lowest BCUT2D eigenvalue weighted by Crippen LogP contribution is -2.22. The third-order valence-electron chi connectivity index (χ3n) is 3.23. The number of sulfone groups is 1. The third kappa shape index (κ3) is 2.71. The standard InChI is InChI=1S/C13H18ClNO2S/c1-2-8-15-12-7-4-9-18(16,17)13-10(12)5-3-6-11(13)14/h3,5-6,12,15H,2,4,7-9H2,1H3. The van der Waals surface area contributed by atoms with Gasteiger partial charge in [0.1, 0.15) is 0 Å². The van der Waals surface area contributed by atoms with Crippen molar-refractivity contribution in [3.8, 4) is 0 Å². The van der Waals surface area contributed by atoms with Crippen molar-refractivity contribution in [1.82, 2.24) is 5.32 Å². The first kappa shape index (κ1) is 13.8. The molecular formula is C13H18ClNO2S. The largest absolute Gasteiger partial charge is 0.310 e. The van der Waals surface area contributed by atoms with E-state index < -0.39 is 9.84 Å². The highest BCUT2D eigenvalue weighted by atomic mass is 35.5. The average molecular weight is 288 g/mol. The molecule has 2 rings (SSSR count). The van der Waals surface area contributed by atoms with Crippen LogP contribution in [0.4, 0.5) is 0 Å². The first-order valence-electron chi connectivity index (χ1n) is 6.31. The van der Waals surface area contributed by atoms with Gasteiger partial charge in [-0.15, -0.1) is 0 Å². The smallest absolute Gasteiger partial charge is 0.180 e. The van der Waals surface area contributed by atoms with Crippen LogP contribution in [-0.4, -0.2) is 20.7 Å². The van der Waals surface area contributed by atoms with Crippen LogP contribution >= 0.6 is 11.6 Å². The van der Waals surface area contributed by atoms with Crippen molar-refractivity contribution in [2.75, 3.05) is 12.3 Å². The van der Waals surface area contributed by atoms with Gasteiger partial charge in [0.15, 0.2) is 9.84 Å². The van der Waals surface area contributed by atoms with Gasteiger partial charge in [-0.25, -0.2) is 8.42 Å². The van der Waals surface area contributed by atoms with E-state index in [4.69, 9.17) is 11.6 Å². The van der Waals surface area contributed by atoms with Crippen LogP contribution in [0.25, 0.3) is 0 Å². The first-order valence-corrected chi connectivity index (χ1v) is 8.34.